The summed E-state index contributed by atoms with van der Waals surface area (Å²) in [7, 11) is 0. The van der Waals surface area contributed by atoms with Gasteiger partial charge in [0.05, 0.1) is 0 Å². The van der Waals surface area contributed by atoms with E-state index in [4.69, 9.17) is 0 Å². The number of hydrogen-bond donors (Lipinski definition) is 1. The van der Waals surface area contributed by atoms with Crippen LogP contribution >= 0.6 is 11.8 Å². The monoisotopic (exact) mass is 358 g/mol. The standard InChI is InChI=1S/C20H26N2O2S/c1-15(2)9-12-22-13-10-16(3)18(20(22)24)19(23)21-11-14-25-17-7-5-4-6-8-17/h4-8,10,13,15H,9,11-12,14H2,1-3H3,(H,21,23). The van der Waals surface area contributed by atoms with Gasteiger partial charge in [-0.3, -0.25) is 9.59 Å². The summed E-state index contributed by atoms with van der Waals surface area (Å²) in [4.78, 5) is 26.2. The molecule has 0 saturated heterocycles. The second kappa shape index (κ2) is 9.47. The molecule has 2 aromatic rings. The smallest absolute Gasteiger partial charge is 0.263 e. The Morgan fingerprint density at radius 2 is 1.92 bits per heavy atom. The van der Waals surface area contributed by atoms with E-state index in [-0.39, 0.29) is 17.0 Å². The molecule has 5 heteroatoms. The van der Waals surface area contributed by atoms with Crippen molar-refractivity contribution in [2.24, 2.45) is 5.92 Å². The van der Waals surface area contributed by atoms with Gasteiger partial charge in [-0.15, -0.1) is 11.8 Å². The molecule has 1 aromatic carbocycles. The minimum Gasteiger partial charge on any atom is -0.351 e. The van der Waals surface area contributed by atoms with Crippen LogP contribution in [0.1, 0.15) is 36.2 Å². The van der Waals surface area contributed by atoms with Gasteiger partial charge in [0.2, 0.25) is 0 Å². The van der Waals surface area contributed by atoms with Gasteiger partial charge in [-0.05, 0) is 43.0 Å². The third kappa shape index (κ3) is 5.78. The number of nitrogens with one attached hydrogen (secondary N) is 1. The number of carbonyl (C=O) groups excluding carboxylic acids is 1. The largest absolute Gasteiger partial charge is 0.351 e. The lowest BCUT2D eigenvalue weighted by molar-refractivity contribution is 0.0953. The molecule has 25 heavy (non-hydrogen) atoms. The molecular formula is C20H26N2O2S. The molecule has 1 heterocycles. The summed E-state index contributed by atoms with van der Waals surface area (Å²) < 4.78 is 1.64. The van der Waals surface area contributed by atoms with E-state index in [1.807, 2.05) is 43.3 Å². The molecular weight excluding hydrogens is 332 g/mol. The summed E-state index contributed by atoms with van der Waals surface area (Å²) in [5, 5.41) is 2.87. The van der Waals surface area contributed by atoms with Gasteiger partial charge < -0.3 is 9.88 Å². The zero-order valence-corrected chi connectivity index (χ0v) is 15.9. The Labute approximate surface area is 153 Å². The molecule has 0 atom stereocenters. The highest BCUT2D eigenvalue weighted by Crippen LogP contribution is 2.15. The number of aromatic nitrogens is 1. The fraction of sp³-hybridized carbons (Fsp3) is 0.400. The number of amides is 1. The molecule has 0 aliphatic rings. The van der Waals surface area contributed by atoms with E-state index in [1.54, 1.807) is 22.5 Å². The number of carbonyl (C=O) groups is 1. The molecule has 0 radical (unpaired) electrons. The molecule has 0 spiro atoms. The van der Waals surface area contributed by atoms with Crippen LogP contribution < -0.4 is 10.9 Å². The van der Waals surface area contributed by atoms with Gasteiger partial charge in [0, 0.05) is 29.9 Å². The van der Waals surface area contributed by atoms with Crippen LogP contribution in [0.5, 0.6) is 0 Å². The predicted molar refractivity (Wildman–Crippen MR) is 104 cm³/mol. The van der Waals surface area contributed by atoms with Crippen LogP contribution in [0.3, 0.4) is 0 Å². The zero-order chi connectivity index (χ0) is 18.2. The summed E-state index contributed by atoms with van der Waals surface area (Å²) in [6.07, 6.45) is 2.69. The van der Waals surface area contributed by atoms with Gasteiger partial charge in [0.1, 0.15) is 5.56 Å². The second-order valence-electron chi connectivity index (χ2n) is 6.47. The maximum atomic E-state index is 12.6. The summed E-state index contributed by atoms with van der Waals surface area (Å²) in [5.74, 6) is 0.999. The van der Waals surface area contributed by atoms with Crippen LogP contribution in [0, 0.1) is 12.8 Å². The van der Waals surface area contributed by atoms with Crippen molar-refractivity contribution in [2.45, 2.75) is 38.6 Å². The fourth-order valence-corrected chi connectivity index (χ4v) is 3.24. The van der Waals surface area contributed by atoms with Crippen LogP contribution in [0.4, 0.5) is 0 Å². The number of thioether (sulfide) groups is 1. The average molecular weight is 359 g/mol. The number of hydrogen-bond acceptors (Lipinski definition) is 3. The maximum Gasteiger partial charge on any atom is 0.263 e. The molecule has 0 saturated carbocycles. The van der Waals surface area contributed by atoms with Gasteiger partial charge in [-0.2, -0.15) is 0 Å². The van der Waals surface area contributed by atoms with Crippen LogP contribution in [0.25, 0.3) is 0 Å². The highest BCUT2D eigenvalue weighted by atomic mass is 32.2. The minimum absolute atomic E-state index is 0.200. The van der Waals surface area contributed by atoms with Crippen molar-refractivity contribution in [3.8, 4) is 0 Å². The molecule has 134 valence electrons. The van der Waals surface area contributed by atoms with E-state index in [0.717, 1.165) is 17.7 Å². The number of nitrogens with zero attached hydrogens (tertiary/aromatic N) is 1. The molecule has 0 fully saturated rings. The van der Waals surface area contributed by atoms with Crippen LogP contribution in [-0.2, 0) is 6.54 Å². The lowest BCUT2D eigenvalue weighted by Gasteiger charge is -2.12. The Bertz CT molecular complexity index is 754. The fourth-order valence-electron chi connectivity index (χ4n) is 2.45. The van der Waals surface area contributed by atoms with Crippen molar-refractivity contribution in [1.29, 1.82) is 0 Å². The van der Waals surface area contributed by atoms with Crippen molar-refractivity contribution < 1.29 is 4.79 Å². The third-order valence-electron chi connectivity index (χ3n) is 3.95. The molecule has 1 amide bonds. The molecule has 4 nitrogen and oxygen atoms in total. The molecule has 0 unspecified atom stereocenters. The van der Waals surface area contributed by atoms with Crippen molar-refractivity contribution in [1.82, 2.24) is 9.88 Å². The Hall–Kier alpha value is -2.01. The van der Waals surface area contributed by atoms with Crippen molar-refractivity contribution in [3.63, 3.8) is 0 Å². The molecule has 0 bridgehead atoms. The van der Waals surface area contributed by atoms with E-state index < -0.39 is 0 Å². The minimum atomic E-state index is -0.282. The topological polar surface area (TPSA) is 51.1 Å². The summed E-state index contributed by atoms with van der Waals surface area (Å²) in [5.41, 5.74) is 0.781. The number of benzene rings is 1. The van der Waals surface area contributed by atoms with Crippen molar-refractivity contribution in [2.75, 3.05) is 12.3 Å². The van der Waals surface area contributed by atoms with E-state index >= 15 is 0 Å². The lowest BCUT2D eigenvalue weighted by atomic mass is 10.1. The van der Waals surface area contributed by atoms with E-state index in [9.17, 15) is 9.59 Å². The highest BCUT2D eigenvalue weighted by Gasteiger charge is 2.15. The van der Waals surface area contributed by atoms with Gasteiger partial charge in [-0.1, -0.05) is 32.0 Å². The van der Waals surface area contributed by atoms with Crippen LogP contribution in [0.2, 0.25) is 0 Å². The summed E-state index contributed by atoms with van der Waals surface area (Å²) >= 11 is 1.68. The quantitative estimate of drug-likeness (QED) is 0.578. The van der Waals surface area contributed by atoms with Crippen LogP contribution in [0.15, 0.2) is 52.3 Å². The summed E-state index contributed by atoms with van der Waals surface area (Å²) in [6, 6.07) is 11.9. The first-order valence-electron chi connectivity index (χ1n) is 8.65. The molecule has 1 N–H and O–H groups in total. The first kappa shape index (κ1) is 19.3. The average Bonchev–Trinajstić information content (AvgIpc) is 2.59. The Kier molecular flexibility index (Phi) is 7.31. The normalized spacial score (nSPS) is 10.9. The maximum absolute atomic E-state index is 12.6. The second-order valence-corrected chi connectivity index (χ2v) is 7.64. The number of aryl methyl sites for hydroxylation is 2. The SMILES string of the molecule is Cc1ccn(CCC(C)C)c(=O)c1C(=O)NCCSc1ccccc1. The van der Waals surface area contributed by atoms with Crippen molar-refractivity contribution in [3.05, 3.63) is 64.1 Å². The van der Waals surface area contributed by atoms with Gasteiger partial charge >= 0.3 is 0 Å². The Morgan fingerprint density at radius 3 is 2.60 bits per heavy atom. The molecule has 0 aliphatic heterocycles. The summed E-state index contributed by atoms with van der Waals surface area (Å²) in [6.45, 7) is 7.22. The zero-order valence-electron chi connectivity index (χ0n) is 15.1. The van der Waals surface area contributed by atoms with E-state index in [0.29, 0.717) is 19.0 Å². The first-order chi connectivity index (χ1) is 12.0. The van der Waals surface area contributed by atoms with Crippen molar-refractivity contribution >= 4 is 17.7 Å². The van der Waals surface area contributed by atoms with Gasteiger partial charge in [-0.25, -0.2) is 0 Å². The van der Waals surface area contributed by atoms with E-state index in [2.05, 4.69) is 19.2 Å². The van der Waals surface area contributed by atoms with Gasteiger partial charge in [0.25, 0.3) is 11.5 Å². The highest BCUT2D eigenvalue weighted by molar-refractivity contribution is 7.99. The number of rotatable bonds is 8. The lowest BCUT2D eigenvalue weighted by Crippen LogP contribution is -2.35. The molecule has 1 aromatic heterocycles. The van der Waals surface area contributed by atoms with Gasteiger partial charge in [0.15, 0.2) is 0 Å². The number of pyridine rings is 1. The molecule has 2 rings (SSSR count). The first-order valence-corrected chi connectivity index (χ1v) is 9.63. The van der Waals surface area contributed by atoms with E-state index in [1.165, 1.54) is 4.90 Å². The molecule has 0 aliphatic carbocycles. The Balaban J connectivity index is 1.96. The predicted octanol–water partition coefficient (Wildman–Crippen LogP) is 3.72. The Morgan fingerprint density at radius 1 is 1.20 bits per heavy atom. The third-order valence-corrected chi connectivity index (χ3v) is 4.96. The van der Waals surface area contributed by atoms with Crippen LogP contribution in [-0.4, -0.2) is 22.8 Å².